The highest BCUT2D eigenvalue weighted by molar-refractivity contribution is 7.14. The van der Waals surface area contributed by atoms with Gasteiger partial charge in [0.15, 0.2) is 5.13 Å². The zero-order valence-corrected chi connectivity index (χ0v) is 23.7. The highest BCUT2D eigenvalue weighted by Crippen LogP contribution is 2.45. The lowest BCUT2D eigenvalue weighted by Gasteiger charge is -2.19. The molecule has 0 aliphatic carbocycles. The molecule has 3 N–H and O–H groups in total. The molecule has 0 unspecified atom stereocenters. The predicted octanol–water partition coefficient (Wildman–Crippen LogP) is 6.65. The number of halogens is 1. The monoisotopic (exact) mass is 584 g/mol. The molecular weight excluding hydrogens is 560 g/mol. The Labute approximate surface area is 237 Å². The quantitative estimate of drug-likeness (QED) is 0.226. The van der Waals surface area contributed by atoms with E-state index in [1.54, 1.807) is 42.5 Å². The second-order valence-corrected chi connectivity index (χ2v) is 12.0. The van der Waals surface area contributed by atoms with Crippen molar-refractivity contribution in [1.29, 1.82) is 0 Å². The topological polar surface area (TPSA) is 121 Å². The fourth-order valence-electron chi connectivity index (χ4n) is 4.41. The lowest BCUT2D eigenvalue weighted by molar-refractivity contribution is 0.0635. The number of anilines is 3. The Morgan fingerprint density at radius 1 is 1.13 bits per heavy atom. The molecule has 2 aromatic carbocycles. The van der Waals surface area contributed by atoms with Gasteiger partial charge in [0.1, 0.15) is 17.0 Å². The molecule has 0 fully saturated rings. The third kappa shape index (κ3) is 5.56. The van der Waals surface area contributed by atoms with E-state index in [1.165, 1.54) is 6.07 Å². The number of amides is 3. The fourth-order valence-corrected chi connectivity index (χ4v) is 6.08. The number of phenolic OH excluding ortho intramolecular Hbond substituents is 1. The van der Waals surface area contributed by atoms with Gasteiger partial charge in [0.05, 0.1) is 16.3 Å². The molecule has 2 aromatic heterocycles. The van der Waals surface area contributed by atoms with Gasteiger partial charge in [-0.2, -0.15) is 0 Å². The number of aromatic hydroxyl groups is 1. The number of benzene rings is 2. The predicted molar refractivity (Wildman–Crippen MR) is 155 cm³/mol. The third-order valence-electron chi connectivity index (χ3n) is 5.99. The van der Waals surface area contributed by atoms with E-state index in [9.17, 15) is 19.5 Å². The number of carbonyl (C=O) groups excluding carboxylic acids is 3. The number of phenols is 1. The number of ether oxygens (including phenoxy) is 1. The number of rotatable bonds is 5. The number of fused-ring (bicyclic) bond motifs is 3. The molecule has 3 heterocycles. The molecule has 9 nitrogen and oxygen atoms in total. The number of nitrogens with zero attached hydrogens (tertiary/aromatic N) is 2. The van der Waals surface area contributed by atoms with Crippen molar-refractivity contribution in [2.45, 2.75) is 32.3 Å². The summed E-state index contributed by atoms with van der Waals surface area (Å²) in [5.74, 6) is -0.475. The Kier molecular flexibility index (Phi) is 7.23. The first-order valence-electron chi connectivity index (χ1n) is 12.0. The molecule has 0 saturated heterocycles. The Morgan fingerprint density at radius 2 is 1.87 bits per heavy atom. The Balaban J connectivity index is 1.30. The molecule has 1 atom stereocenters. The van der Waals surface area contributed by atoms with Crippen LogP contribution in [0.5, 0.6) is 5.75 Å². The maximum Gasteiger partial charge on any atom is 0.412 e. The summed E-state index contributed by atoms with van der Waals surface area (Å²) in [6.45, 7) is 5.64. The van der Waals surface area contributed by atoms with Gasteiger partial charge in [-0.1, -0.05) is 24.3 Å². The number of thiophene rings is 1. The van der Waals surface area contributed by atoms with Crippen LogP contribution in [0.2, 0.25) is 0 Å². The summed E-state index contributed by atoms with van der Waals surface area (Å²) in [6.07, 6.45) is -0.614. The van der Waals surface area contributed by atoms with Crippen LogP contribution in [0.4, 0.5) is 21.3 Å². The number of carbonyl (C=O) groups is 3. The van der Waals surface area contributed by atoms with Crippen molar-refractivity contribution in [1.82, 2.24) is 4.98 Å². The van der Waals surface area contributed by atoms with Gasteiger partial charge in [-0.3, -0.25) is 20.2 Å². The van der Waals surface area contributed by atoms with Crippen LogP contribution < -0.4 is 15.5 Å². The van der Waals surface area contributed by atoms with Crippen LogP contribution in [0.15, 0.2) is 47.2 Å². The minimum Gasteiger partial charge on any atom is -0.507 e. The standard InChI is InChI=1S/C27H25ClN4O5S2/c1-27(2,3)37-26(36)29-15-8-21(38-12-15)23(34)31-25-30-18(13-39-25)24(35)32-11-14(10-28)22-17-7-5-4-6-16(17)20(33)9-19(22)32/h4-9,12-14,33H,10-11H2,1-3H3,(H,29,36)(H,30,31,34)/t14-/m1/s1. The first kappa shape index (κ1) is 26.9. The molecule has 1 aliphatic rings. The number of thiazole rings is 1. The van der Waals surface area contributed by atoms with Crippen molar-refractivity contribution in [3.05, 3.63) is 63.3 Å². The number of hydrogen-bond donors (Lipinski definition) is 3. The average Bonchev–Trinajstić information content (AvgIpc) is 3.61. The fraction of sp³-hybridized carbons (Fsp3) is 0.259. The summed E-state index contributed by atoms with van der Waals surface area (Å²) in [5, 5.41) is 20.9. The van der Waals surface area contributed by atoms with Crippen LogP contribution in [-0.4, -0.2) is 46.0 Å². The molecule has 202 valence electrons. The lowest BCUT2D eigenvalue weighted by Crippen LogP contribution is -2.30. The molecule has 0 saturated carbocycles. The van der Waals surface area contributed by atoms with E-state index in [2.05, 4.69) is 15.6 Å². The van der Waals surface area contributed by atoms with Gasteiger partial charge >= 0.3 is 6.09 Å². The minimum absolute atomic E-state index is 0.0834. The number of alkyl halides is 1. The van der Waals surface area contributed by atoms with E-state index in [4.69, 9.17) is 16.3 Å². The summed E-state index contributed by atoms with van der Waals surface area (Å²) in [6, 6.07) is 10.6. The minimum atomic E-state index is -0.642. The van der Waals surface area contributed by atoms with Gasteiger partial charge in [0, 0.05) is 40.6 Å². The largest absolute Gasteiger partial charge is 0.507 e. The maximum atomic E-state index is 13.5. The highest BCUT2D eigenvalue weighted by Gasteiger charge is 2.35. The van der Waals surface area contributed by atoms with Gasteiger partial charge in [-0.15, -0.1) is 34.3 Å². The molecule has 39 heavy (non-hydrogen) atoms. The van der Waals surface area contributed by atoms with Crippen LogP contribution >= 0.6 is 34.3 Å². The number of hydrogen-bond acceptors (Lipinski definition) is 8. The van der Waals surface area contributed by atoms with Crippen LogP contribution in [0.3, 0.4) is 0 Å². The maximum absolute atomic E-state index is 13.5. The van der Waals surface area contributed by atoms with Crippen LogP contribution in [0.25, 0.3) is 10.8 Å². The molecule has 0 spiro atoms. The van der Waals surface area contributed by atoms with E-state index in [1.807, 2.05) is 24.3 Å². The van der Waals surface area contributed by atoms with Crippen LogP contribution in [0.1, 0.15) is 52.4 Å². The van der Waals surface area contributed by atoms with Crippen molar-refractivity contribution in [3.63, 3.8) is 0 Å². The number of aromatic nitrogens is 1. The van der Waals surface area contributed by atoms with Crippen molar-refractivity contribution in [3.8, 4) is 5.75 Å². The summed E-state index contributed by atoms with van der Waals surface area (Å²) in [4.78, 5) is 44.5. The van der Waals surface area contributed by atoms with Gasteiger partial charge in [0.25, 0.3) is 11.8 Å². The number of nitrogens with one attached hydrogen (secondary N) is 2. The highest BCUT2D eigenvalue weighted by atomic mass is 35.5. The molecule has 5 rings (SSSR count). The van der Waals surface area contributed by atoms with E-state index < -0.39 is 17.6 Å². The SMILES string of the molecule is CC(C)(C)OC(=O)Nc1csc(C(=O)Nc2nc(C(=O)N3C[C@@H](CCl)c4c3cc(O)c3ccccc43)cs2)c1. The van der Waals surface area contributed by atoms with Crippen molar-refractivity contribution < 1.29 is 24.2 Å². The Bertz CT molecular complexity index is 1590. The van der Waals surface area contributed by atoms with Gasteiger partial charge in [-0.25, -0.2) is 9.78 Å². The summed E-state index contributed by atoms with van der Waals surface area (Å²) >= 11 is 8.55. The van der Waals surface area contributed by atoms with Gasteiger partial charge < -0.3 is 14.7 Å². The van der Waals surface area contributed by atoms with E-state index in [-0.39, 0.29) is 28.4 Å². The summed E-state index contributed by atoms with van der Waals surface area (Å²) in [7, 11) is 0. The van der Waals surface area contributed by atoms with Gasteiger partial charge in [0.2, 0.25) is 0 Å². The third-order valence-corrected chi connectivity index (χ3v) is 8.05. The average molecular weight is 585 g/mol. The summed E-state index contributed by atoms with van der Waals surface area (Å²) < 4.78 is 5.23. The first-order chi connectivity index (χ1) is 18.5. The van der Waals surface area contributed by atoms with Crippen molar-refractivity contribution in [2.24, 2.45) is 0 Å². The molecular formula is C27H25ClN4O5S2. The molecule has 4 aromatic rings. The molecule has 12 heteroatoms. The van der Waals surface area contributed by atoms with Crippen LogP contribution in [-0.2, 0) is 4.74 Å². The van der Waals surface area contributed by atoms with E-state index in [0.29, 0.717) is 34.1 Å². The Morgan fingerprint density at radius 3 is 2.59 bits per heavy atom. The Hall–Kier alpha value is -3.67. The molecule has 0 radical (unpaired) electrons. The smallest absolute Gasteiger partial charge is 0.412 e. The molecule has 1 aliphatic heterocycles. The molecule has 3 amide bonds. The van der Waals surface area contributed by atoms with Crippen molar-refractivity contribution >= 4 is 79.5 Å². The van der Waals surface area contributed by atoms with E-state index >= 15 is 0 Å². The normalized spacial score (nSPS) is 14.8. The van der Waals surface area contributed by atoms with Crippen LogP contribution in [0, 0.1) is 0 Å². The van der Waals surface area contributed by atoms with Gasteiger partial charge in [-0.05, 0) is 37.8 Å². The lowest BCUT2D eigenvalue weighted by atomic mass is 9.95. The first-order valence-corrected chi connectivity index (χ1v) is 14.3. The second kappa shape index (κ2) is 10.5. The van der Waals surface area contributed by atoms with E-state index in [0.717, 1.165) is 33.6 Å². The van der Waals surface area contributed by atoms with Crippen molar-refractivity contribution in [2.75, 3.05) is 28.0 Å². The zero-order chi connectivity index (χ0) is 27.9. The molecule has 0 bridgehead atoms. The second-order valence-electron chi connectivity index (χ2n) is 9.96. The zero-order valence-electron chi connectivity index (χ0n) is 21.3. The summed E-state index contributed by atoms with van der Waals surface area (Å²) in [5.41, 5.74) is 1.48.